The van der Waals surface area contributed by atoms with Crippen LogP contribution in [0.1, 0.15) is 19.4 Å². The topological polar surface area (TPSA) is 58.4 Å². The van der Waals surface area contributed by atoms with Gasteiger partial charge in [0.15, 0.2) is 0 Å². The molecule has 1 aromatic rings. The molecule has 0 saturated carbocycles. The number of nitrogens with one attached hydrogen (secondary N) is 1. The van der Waals surface area contributed by atoms with E-state index in [1.807, 2.05) is 0 Å². The van der Waals surface area contributed by atoms with Crippen LogP contribution in [-0.2, 0) is 6.54 Å². The zero-order chi connectivity index (χ0) is 14.0. The van der Waals surface area contributed by atoms with Crippen LogP contribution in [0.5, 0.6) is 0 Å². The van der Waals surface area contributed by atoms with Crippen molar-refractivity contribution in [3.63, 3.8) is 0 Å². The highest BCUT2D eigenvalue weighted by Gasteiger charge is 2.23. The lowest BCUT2D eigenvalue weighted by Gasteiger charge is -2.37. The molecule has 1 aromatic carbocycles. The van der Waals surface area contributed by atoms with Gasteiger partial charge in [-0.25, -0.2) is 4.39 Å². The van der Waals surface area contributed by atoms with E-state index in [0.29, 0.717) is 24.2 Å². The number of piperazine rings is 1. The molecule has 1 heterocycles. The SMILES string of the molecule is CC1CN(Cc2cc(F)cc([N+](=O)[O-])c2)C(C)CN1. The monoisotopic (exact) mass is 267 g/mol. The smallest absolute Gasteiger partial charge is 0.272 e. The minimum Gasteiger partial charge on any atom is -0.311 e. The molecule has 1 aliphatic rings. The minimum absolute atomic E-state index is 0.189. The lowest BCUT2D eigenvalue weighted by molar-refractivity contribution is -0.385. The number of nitro benzene ring substituents is 1. The first-order valence-corrected chi connectivity index (χ1v) is 6.37. The Kier molecular flexibility index (Phi) is 4.11. The first kappa shape index (κ1) is 13.9. The number of halogens is 1. The third-order valence-corrected chi connectivity index (χ3v) is 3.43. The molecule has 19 heavy (non-hydrogen) atoms. The number of nitro groups is 1. The van der Waals surface area contributed by atoms with Gasteiger partial charge in [0.1, 0.15) is 5.82 Å². The summed E-state index contributed by atoms with van der Waals surface area (Å²) in [4.78, 5) is 12.4. The van der Waals surface area contributed by atoms with Gasteiger partial charge in [-0.3, -0.25) is 15.0 Å². The maximum Gasteiger partial charge on any atom is 0.272 e. The van der Waals surface area contributed by atoms with Crippen LogP contribution in [0.15, 0.2) is 18.2 Å². The van der Waals surface area contributed by atoms with E-state index in [2.05, 4.69) is 24.1 Å². The van der Waals surface area contributed by atoms with Crippen molar-refractivity contribution in [1.82, 2.24) is 10.2 Å². The molecule has 0 aliphatic carbocycles. The second-order valence-corrected chi connectivity index (χ2v) is 5.16. The fourth-order valence-electron chi connectivity index (χ4n) is 2.38. The predicted octanol–water partition coefficient (Wildman–Crippen LogP) is 1.92. The Morgan fingerprint density at radius 2 is 2.21 bits per heavy atom. The van der Waals surface area contributed by atoms with Crippen LogP contribution in [0.3, 0.4) is 0 Å². The van der Waals surface area contributed by atoms with E-state index < -0.39 is 10.7 Å². The van der Waals surface area contributed by atoms with E-state index in [9.17, 15) is 14.5 Å². The van der Waals surface area contributed by atoms with E-state index in [1.165, 1.54) is 12.1 Å². The van der Waals surface area contributed by atoms with Gasteiger partial charge in [0.05, 0.1) is 11.0 Å². The minimum atomic E-state index is -0.559. The second kappa shape index (κ2) is 5.63. The number of rotatable bonds is 3. The van der Waals surface area contributed by atoms with Crippen molar-refractivity contribution in [2.24, 2.45) is 0 Å². The summed E-state index contributed by atoms with van der Waals surface area (Å²) in [6, 6.07) is 4.47. The molecule has 1 N–H and O–H groups in total. The van der Waals surface area contributed by atoms with Gasteiger partial charge in [-0.1, -0.05) is 0 Å². The molecule has 1 fully saturated rings. The highest BCUT2D eigenvalue weighted by Crippen LogP contribution is 2.19. The molecular weight excluding hydrogens is 249 g/mol. The zero-order valence-corrected chi connectivity index (χ0v) is 11.1. The molecule has 6 heteroatoms. The number of non-ortho nitro benzene ring substituents is 1. The summed E-state index contributed by atoms with van der Waals surface area (Å²) < 4.78 is 13.4. The van der Waals surface area contributed by atoms with Crippen LogP contribution in [0.4, 0.5) is 10.1 Å². The quantitative estimate of drug-likeness (QED) is 0.671. The van der Waals surface area contributed by atoms with E-state index >= 15 is 0 Å². The summed E-state index contributed by atoms with van der Waals surface area (Å²) in [5.74, 6) is -0.556. The van der Waals surface area contributed by atoms with Gasteiger partial charge >= 0.3 is 0 Å². The number of hydrogen-bond acceptors (Lipinski definition) is 4. The van der Waals surface area contributed by atoms with Crippen molar-refractivity contribution in [2.45, 2.75) is 32.5 Å². The predicted molar refractivity (Wildman–Crippen MR) is 70.4 cm³/mol. The van der Waals surface area contributed by atoms with E-state index in [4.69, 9.17) is 0 Å². The lowest BCUT2D eigenvalue weighted by atomic mass is 10.1. The number of benzene rings is 1. The largest absolute Gasteiger partial charge is 0.311 e. The second-order valence-electron chi connectivity index (χ2n) is 5.16. The van der Waals surface area contributed by atoms with Gasteiger partial charge in [-0.2, -0.15) is 0 Å². The van der Waals surface area contributed by atoms with Crippen LogP contribution in [-0.4, -0.2) is 35.0 Å². The molecule has 5 nitrogen and oxygen atoms in total. The van der Waals surface area contributed by atoms with Crippen LogP contribution in [0, 0.1) is 15.9 Å². The average molecular weight is 267 g/mol. The summed E-state index contributed by atoms with van der Waals surface area (Å²) in [6.07, 6.45) is 0. The van der Waals surface area contributed by atoms with E-state index in [-0.39, 0.29) is 5.69 Å². The molecule has 0 amide bonds. The molecule has 1 saturated heterocycles. The molecule has 0 spiro atoms. The maximum absolute atomic E-state index is 13.4. The van der Waals surface area contributed by atoms with Gasteiger partial charge in [0.25, 0.3) is 5.69 Å². The molecule has 0 aromatic heterocycles. The summed E-state index contributed by atoms with van der Waals surface area (Å²) in [5, 5.41) is 14.1. The molecule has 104 valence electrons. The first-order valence-electron chi connectivity index (χ1n) is 6.37. The third kappa shape index (κ3) is 3.48. The normalized spacial score (nSPS) is 24.4. The molecular formula is C13H18FN3O2. The van der Waals surface area contributed by atoms with Gasteiger partial charge in [-0.05, 0) is 25.5 Å². The summed E-state index contributed by atoms with van der Waals surface area (Å²) in [6.45, 7) is 6.44. The van der Waals surface area contributed by atoms with Crippen LogP contribution in [0.2, 0.25) is 0 Å². The van der Waals surface area contributed by atoms with Crippen LogP contribution in [0.25, 0.3) is 0 Å². The molecule has 0 bridgehead atoms. The van der Waals surface area contributed by atoms with Crippen molar-refractivity contribution < 1.29 is 9.31 Å². The third-order valence-electron chi connectivity index (χ3n) is 3.43. The van der Waals surface area contributed by atoms with Crippen molar-refractivity contribution in [2.75, 3.05) is 13.1 Å². The Bertz CT molecular complexity index is 481. The van der Waals surface area contributed by atoms with E-state index in [1.54, 1.807) is 0 Å². The van der Waals surface area contributed by atoms with Gasteiger partial charge in [0, 0.05) is 37.8 Å². The molecule has 0 radical (unpaired) electrons. The lowest BCUT2D eigenvalue weighted by Crippen LogP contribution is -2.53. The maximum atomic E-state index is 13.4. The molecule has 1 aliphatic heterocycles. The van der Waals surface area contributed by atoms with Crippen LogP contribution < -0.4 is 5.32 Å². The molecule has 2 unspecified atom stereocenters. The van der Waals surface area contributed by atoms with Crippen molar-refractivity contribution >= 4 is 5.69 Å². The Labute approximate surface area is 111 Å². The summed E-state index contributed by atoms with van der Waals surface area (Å²) in [5.41, 5.74) is 0.457. The standard InChI is InChI=1S/C13H18FN3O2/c1-9-7-16(10(2)6-15-9)8-11-3-12(14)5-13(4-11)17(18)19/h3-5,9-10,15H,6-8H2,1-2H3. The number of nitrogens with zero attached hydrogens (tertiary/aromatic N) is 2. The van der Waals surface area contributed by atoms with Gasteiger partial charge < -0.3 is 5.32 Å². The average Bonchev–Trinajstić information content (AvgIpc) is 2.33. The fourth-order valence-corrected chi connectivity index (χ4v) is 2.38. The Balaban J connectivity index is 2.16. The zero-order valence-electron chi connectivity index (χ0n) is 11.1. The van der Waals surface area contributed by atoms with Crippen LogP contribution >= 0.6 is 0 Å². The Morgan fingerprint density at radius 1 is 1.47 bits per heavy atom. The summed E-state index contributed by atoms with van der Waals surface area (Å²) >= 11 is 0. The van der Waals surface area contributed by atoms with Crippen molar-refractivity contribution in [3.8, 4) is 0 Å². The first-order chi connectivity index (χ1) is 8.95. The van der Waals surface area contributed by atoms with Crippen molar-refractivity contribution in [3.05, 3.63) is 39.7 Å². The molecule has 2 rings (SSSR count). The highest BCUT2D eigenvalue weighted by molar-refractivity contribution is 5.35. The Morgan fingerprint density at radius 3 is 2.89 bits per heavy atom. The number of hydrogen-bond donors (Lipinski definition) is 1. The van der Waals surface area contributed by atoms with Crippen molar-refractivity contribution in [1.29, 1.82) is 0 Å². The van der Waals surface area contributed by atoms with E-state index in [0.717, 1.165) is 19.2 Å². The summed E-state index contributed by atoms with van der Waals surface area (Å²) in [7, 11) is 0. The highest BCUT2D eigenvalue weighted by atomic mass is 19.1. The Hall–Kier alpha value is -1.53. The van der Waals surface area contributed by atoms with Gasteiger partial charge in [-0.15, -0.1) is 0 Å². The molecule has 2 atom stereocenters. The fraction of sp³-hybridized carbons (Fsp3) is 0.538. The van der Waals surface area contributed by atoms with Gasteiger partial charge in [0.2, 0.25) is 0 Å².